The maximum atomic E-state index is 10.8. The van der Waals surface area contributed by atoms with Gasteiger partial charge < -0.3 is 19.0 Å². The predicted molar refractivity (Wildman–Crippen MR) is 101 cm³/mol. The number of likely N-dealkylation sites (tertiary alicyclic amines) is 1. The third kappa shape index (κ3) is 2.95. The molecule has 140 valence electrons. The van der Waals surface area contributed by atoms with Crippen molar-refractivity contribution in [2.45, 2.75) is 31.9 Å². The van der Waals surface area contributed by atoms with Gasteiger partial charge in [0.2, 0.25) is 6.79 Å². The van der Waals surface area contributed by atoms with Gasteiger partial charge in [-0.25, -0.2) is 4.98 Å². The molecular weight excluding hydrogens is 342 g/mol. The van der Waals surface area contributed by atoms with Crippen LogP contribution in [-0.4, -0.2) is 45.4 Å². The summed E-state index contributed by atoms with van der Waals surface area (Å²) in [6, 6.07) is 12.2. The molecule has 6 nitrogen and oxygen atoms in total. The Balaban J connectivity index is 1.31. The zero-order valence-electron chi connectivity index (χ0n) is 15.3. The van der Waals surface area contributed by atoms with Crippen molar-refractivity contribution in [3.63, 3.8) is 0 Å². The third-order valence-electron chi connectivity index (χ3n) is 5.67. The molecule has 0 bridgehead atoms. The fraction of sp³-hybridized carbons (Fsp3) is 0.381. The number of hydrogen-bond acceptors (Lipinski definition) is 5. The van der Waals surface area contributed by atoms with E-state index in [1.54, 1.807) is 0 Å². The number of piperidine rings is 1. The first-order valence-corrected chi connectivity index (χ1v) is 9.41. The summed E-state index contributed by atoms with van der Waals surface area (Å²) in [5.41, 5.74) is 3.33. The molecule has 2 aliphatic heterocycles. The molecule has 1 aromatic carbocycles. The molecule has 2 aliphatic rings. The van der Waals surface area contributed by atoms with Crippen molar-refractivity contribution in [2.75, 3.05) is 19.9 Å². The van der Waals surface area contributed by atoms with Crippen LogP contribution in [0.3, 0.4) is 0 Å². The van der Waals surface area contributed by atoms with Crippen molar-refractivity contribution in [3.8, 4) is 11.5 Å². The molecule has 5 rings (SSSR count). The van der Waals surface area contributed by atoms with Crippen LogP contribution in [0.5, 0.6) is 11.5 Å². The van der Waals surface area contributed by atoms with Gasteiger partial charge >= 0.3 is 0 Å². The Hall–Kier alpha value is -2.57. The zero-order valence-corrected chi connectivity index (χ0v) is 15.3. The highest BCUT2D eigenvalue weighted by molar-refractivity contribution is 5.53. The van der Waals surface area contributed by atoms with E-state index < -0.39 is 6.10 Å². The quantitative estimate of drug-likeness (QED) is 0.773. The number of rotatable bonds is 3. The van der Waals surface area contributed by atoms with Gasteiger partial charge in [0.25, 0.3) is 0 Å². The van der Waals surface area contributed by atoms with Gasteiger partial charge in [-0.1, -0.05) is 12.1 Å². The predicted octanol–water partition coefficient (Wildman–Crippen LogP) is 2.72. The summed E-state index contributed by atoms with van der Waals surface area (Å²) in [4.78, 5) is 7.03. The Kier molecular flexibility index (Phi) is 4.02. The lowest BCUT2D eigenvalue weighted by Crippen LogP contribution is -2.42. The van der Waals surface area contributed by atoms with Crippen molar-refractivity contribution in [1.29, 1.82) is 0 Å². The van der Waals surface area contributed by atoms with Crippen molar-refractivity contribution >= 4 is 5.52 Å². The number of imidazole rings is 1. The summed E-state index contributed by atoms with van der Waals surface area (Å²) in [5, 5.41) is 10.8. The molecule has 1 fully saturated rings. The first kappa shape index (κ1) is 16.6. The summed E-state index contributed by atoms with van der Waals surface area (Å²) in [6.07, 6.45) is 2.54. The lowest BCUT2D eigenvalue weighted by Gasteiger charge is -2.36. The average molecular weight is 365 g/mol. The van der Waals surface area contributed by atoms with Gasteiger partial charge in [0.15, 0.2) is 11.5 Å². The molecule has 0 aliphatic carbocycles. The molecule has 0 radical (unpaired) electrons. The zero-order chi connectivity index (χ0) is 18.4. The van der Waals surface area contributed by atoms with Crippen molar-refractivity contribution in [2.24, 2.45) is 0 Å². The van der Waals surface area contributed by atoms with Gasteiger partial charge in [0.05, 0.1) is 17.3 Å². The summed E-state index contributed by atoms with van der Waals surface area (Å²) in [7, 11) is 0. The molecule has 2 atom stereocenters. The van der Waals surface area contributed by atoms with Gasteiger partial charge in [-0.05, 0) is 49.7 Å². The SMILES string of the molecule is Cc1nc(CN2CC[C@@H](c3ccc4c(c3)OCO4)[C@H](O)C2)c2ccccn12. The Bertz CT molecular complexity index is 984. The topological polar surface area (TPSA) is 59.2 Å². The minimum absolute atomic E-state index is 0.122. The van der Waals surface area contributed by atoms with Crippen LogP contribution in [0.25, 0.3) is 5.52 Å². The number of aliphatic hydroxyl groups excluding tert-OH is 1. The lowest BCUT2D eigenvalue weighted by molar-refractivity contribution is 0.0473. The number of fused-ring (bicyclic) bond motifs is 2. The molecule has 4 heterocycles. The van der Waals surface area contributed by atoms with E-state index in [1.165, 1.54) is 0 Å². The van der Waals surface area contributed by atoms with Gasteiger partial charge in [-0.2, -0.15) is 0 Å². The second-order valence-corrected chi connectivity index (χ2v) is 7.37. The second kappa shape index (κ2) is 6.55. The maximum Gasteiger partial charge on any atom is 0.231 e. The first-order chi connectivity index (χ1) is 13.2. The molecule has 2 aromatic heterocycles. The molecule has 1 N–H and O–H groups in total. The standard InChI is InChI=1S/C21H23N3O3/c1-14-22-17(18-4-2-3-8-24(14)18)11-23-9-7-16(19(25)12-23)15-5-6-20-21(10-15)27-13-26-20/h2-6,8,10,16,19,25H,7,9,11-13H2,1H3/t16-,19+/m0/s1. The number of hydrogen-bond donors (Lipinski definition) is 1. The van der Waals surface area contributed by atoms with E-state index in [-0.39, 0.29) is 12.7 Å². The Morgan fingerprint density at radius 3 is 2.96 bits per heavy atom. The van der Waals surface area contributed by atoms with Gasteiger partial charge in [-0.15, -0.1) is 0 Å². The third-order valence-corrected chi connectivity index (χ3v) is 5.67. The molecule has 27 heavy (non-hydrogen) atoms. The van der Waals surface area contributed by atoms with Gasteiger partial charge in [0.1, 0.15) is 5.82 Å². The number of β-amino-alcohol motifs (C(OH)–C–C–N with tert-alkyl or cyclic N) is 1. The molecule has 6 heteroatoms. The highest BCUT2D eigenvalue weighted by atomic mass is 16.7. The molecule has 0 saturated carbocycles. The minimum Gasteiger partial charge on any atom is -0.454 e. The fourth-order valence-corrected chi connectivity index (χ4v) is 4.27. The van der Waals surface area contributed by atoms with Crippen LogP contribution in [0, 0.1) is 6.92 Å². The summed E-state index contributed by atoms with van der Waals surface area (Å²) in [6.45, 7) is 4.63. The van der Waals surface area contributed by atoms with E-state index in [0.717, 1.165) is 53.6 Å². The largest absolute Gasteiger partial charge is 0.454 e. The number of benzene rings is 1. The summed E-state index contributed by atoms with van der Waals surface area (Å²) in [5.74, 6) is 2.68. The maximum absolute atomic E-state index is 10.8. The highest BCUT2D eigenvalue weighted by Crippen LogP contribution is 2.37. The molecule has 1 saturated heterocycles. The van der Waals surface area contributed by atoms with Gasteiger partial charge in [-0.3, -0.25) is 4.90 Å². The number of aromatic nitrogens is 2. The highest BCUT2D eigenvalue weighted by Gasteiger charge is 2.30. The average Bonchev–Trinajstić information content (AvgIpc) is 3.26. The van der Waals surface area contributed by atoms with E-state index >= 15 is 0 Å². The van der Waals surface area contributed by atoms with Crippen molar-refractivity contribution in [1.82, 2.24) is 14.3 Å². The molecule has 0 spiro atoms. The van der Waals surface area contributed by atoms with Crippen LogP contribution in [0.4, 0.5) is 0 Å². The van der Waals surface area contributed by atoms with E-state index in [0.29, 0.717) is 6.54 Å². The number of aliphatic hydroxyl groups is 1. The normalized spacial score (nSPS) is 22.4. The van der Waals surface area contributed by atoms with Gasteiger partial charge in [0, 0.05) is 25.2 Å². The summed E-state index contributed by atoms with van der Waals surface area (Å²) >= 11 is 0. The number of aryl methyl sites for hydroxylation is 1. The molecule has 0 unspecified atom stereocenters. The number of pyridine rings is 1. The first-order valence-electron chi connectivity index (χ1n) is 9.41. The number of nitrogens with zero attached hydrogens (tertiary/aromatic N) is 3. The Labute approximate surface area is 158 Å². The Morgan fingerprint density at radius 1 is 1.19 bits per heavy atom. The minimum atomic E-state index is -0.408. The number of ether oxygens (including phenoxy) is 2. The van der Waals surface area contributed by atoms with Crippen molar-refractivity contribution < 1.29 is 14.6 Å². The smallest absolute Gasteiger partial charge is 0.231 e. The van der Waals surface area contributed by atoms with Crippen LogP contribution in [0.15, 0.2) is 42.6 Å². The van der Waals surface area contributed by atoms with Crippen LogP contribution < -0.4 is 9.47 Å². The lowest BCUT2D eigenvalue weighted by atomic mass is 9.87. The summed E-state index contributed by atoms with van der Waals surface area (Å²) < 4.78 is 13.0. The van der Waals surface area contributed by atoms with Crippen LogP contribution in [0.1, 0.15) is 29.4 Å². The molecule has 3 aromatic rings. The van der Waals surface area contributed by atoms with E-state index in [9.17, 15) is 5.11 Å². The Morgan fingerprint density at radius 2 is 2.07 bits per heavy atom. The van der Waals surface area contributed by atoms with E-state index in [4.69, 9.17) is 14.5 Å². The molecular formula is C21H23N3O3. The molecule has 0 amide bonds. The van der Waals surface area contributed by atoms with Crippen LogP contribution in [-0.2, 0) is 6.54 Å². The van der Waals surface area contributed by atoms with E-state index in [1.807, 2.05) is 43.5 Å². The fourth-order valence-electron chi connectivity index (χ4n) is 4.27. The van der Waals surface area contributed by atoms with Crippen LogP contribution in [0.2, 0.25) is 0 Å². The van der Waals surface area contributed by atoms with Crippen molar-refractivity contribution in [3.05, 3.63) is 59.7 Å². The monoisotopic (exact) mass is 365 g/mol. The van der Waals surface area contributed by atoms with Crippen LogP contribution >= 0.6 is 0 Å². The second-order valence-electron chi connectivity index (χ2n) is 7.37. The van der Waals surface area contributed by atoms with E-state index in [2.05, 4.69) is 15.4 Å².